The average molecular weight is 212 g/mol. The number of aliphatic carboxylic acids is 1. The van der Waals surface area contributed by atoms with Gasteiger partial charge in [0.2, 0.25) is 0 Å². The van der Waals surface area contributed by atoms with Crippen LogP contribution in [0.2, 0.25) is 0 Å². The van der Waals surface area contributed by atoms with Crippen LogP contribution >= 0.6 is 0 Å². The Hall–Kier alpha value is -0.830. The smallest absolute Gasteiger partial charge is 0.333 e. The lowest BCUT2D eigenvalue weighted by atomic mass is 9.81. The van der Waals surface area contributed by atoms with Crippen molar-refractivity contribution in [3.8, 4) is 0 Å². The molecule has 1 aliphatic rings. The van der Waals surface area contributed by atoms with Crippen molar-refractivity contribution in [3.63, 3.8) is 0 Å². The number of rotatable bonds is 5. The average Bonchev–Trinajstić information content (AvgIpc) is 2.66. The van der Waals surface area contributed by atoms with Crippen molar-refractivity contribution < 1.29 is 14.6 Å². The van der Waals surface area contributed by atoms with Gasteiger partial charge in [-0.15, -0.1) is 0 Å². The molecule has 0 aromatic rings. The Kier molecular flexibility index (Phi) is 4.33. The molecule has 1 saturated carbocycles. The molecule has 0 saturated heterocycles. The van der Waals surface area contributed by atoms with Crippen molar-refractivity contribution in [1.29, 1.82) is 0 Å². The predicted molar refractivity (Wildman–Crippen MR) is 58.8 cm³/mol. The van der Waals surface area contributed by atoms with Gasteiger partial charge in [0.05, 0.1) is 12.2 Å². The first-order valence-electron chi connectivity index (χ1n) is 5.57. The molecule has 0 spiro atoms. The van der Waals surface area contributed by atoms with Gasteiger partial charge in [0.25, 0.3) is 0 Å². The molecule has 1 fully saturated rings. The summed E-state index contributed by atoms with van der Waals surface area (Å²) in [6.45, 7) is 2.34. The van der Waals surface area contributed by atoms with Gasteiger partial charge in [-0.1, -0.05) is 25.8 Å². The molecule has 15 heavy (non-hydrogen) atoms. The molecule has 1 rings (SSSR count). The van der Waals surface area contributed by atoms with E-state index in [1.807, 2.05) is 6.08 Å². The molecule has 0 heterocycles. The molecule has 0 aliphatic heterocycles. The fraction of sp³-hybridized carbons (Fsp3) is 0.750. The second-order valence-electron chi connectivity index (χ2n) is 4.33. The second-order valence-corrected chi connectivity index (χ2v) is 4.33. The minimum atomic E-state index is -0.850. The fourth-order valence-corrected chi connectivity index (χ4v) is 2.37. The van der Waals surface area contributed by atoms with Crippen molar-refractivity contribution >= 4 is 5.97 Å². The Morgan fingerprint density at radius 1 is 1.47 bits per heavy atom. The number of hydrogen-bond donors (Lipinski definition) is 1. The van der Waals surface area contributed by atoms with E-state index in [9.17, 15) is 4.79 Å². The topological polar surface area (TPSA) is 46.5 Å². The summed E-state index contributed by atoms with van der Waals surface area (Å²) in [7, 11) is 1.53. The van der Waals surface area contributed by atoms with Crippen molar-refractivity contribution in [2.75, 3.05) is 13.7 Å². The Labute approximate surface area is 91.1 Å². The van der Waals surface area contributed by atoms with E-state index in [-0.39, 0.29) is 12.0 Å². The highest BCUT2D eigenvalue weighted by molar-refractivity contribution is 5.87. The summed E-state index contributed by atoms with van der Waals surface area (Å²) in [5.74, 6) is -0.850. The van der Waals surface area contributed by atoms with Crippen LogP contribution in [0.15, 0.2) is 11.6 Å². The zero-order chi connectivity index (χ0) is 11.3. The lowest BCUT2D eigenvalue weighted by Gasteiger charge is -2.24. The summed E-state index contributed by atoms with van der Waals surface area (Å²) >= 11 is 0. The van der Waals surface area contributed by atoms with Crippen molar-refractivity contribution in [3.05, 3.63) is 11.6 Å². The normalized spacial score (nSPS) is 20.5. The Balaban J connectivity index is 2.83. The number of allylic oxidation sites excluding steroid dienone is 1. The van der Waals surface area contributed by atoms with Gasteiger partial charge in [0, 0.05) is 7.11 Å². The quantitative estimate of drug-likeness (QED) is 0.712. The summed E-state index contributed by atoms with van der Waals surface area (Å²) in [5.41, 5.74) is 0.521. The third kappa shape index (κ3) is 3.06. The van der Waals surface area contributed by atoms with Crippen LogP contribution in [0.25, 0.3) is 0 Å². The summed E-state index contributed by atoms with van der Waals surface area (Å²) < 4.78 is 4.92. The number of carbonyl (C=O) groups is 1. The summed E-state index contributed by atoms with van der Waals surface area (Å²) in [6.07, 6.45) is 7.61. The van der Waals surface area contributed by atoms with E-state index >= 15 is 0 Å². The molecule has 0 atom stereocenters. The third-order valence-electron chi connectivity index (χ3n) is 3.36. The van der Waals surface area contributed by atoms with Crippen LogP contribution in [0, 0.1) is 5.41 Å². The third-order valence-corrected chi connectivity index (χ3v) is 3.36. The SMILES string of the molecule is CCC1(C=C(COC)C(=O)O)CCCC1. The molecule has 0 radical (unpaired) electrons. The molecule has 0 amide bonds. The Bertz CT molecular complexity index is 250. The fourth-order valence-electron chi connectivity index (χ4n) is 2.37. The van der Waals surface area contributed by atoms with E-state index < -0.39 is 5.97 Å². The number of ether oxygens (including phenoxy) is 1. The molecule has 0 aromatic heterocycles. The Morgan fingerprint density at radius 3 is 2.47 bits per heavy atom. The lowest BCUT2D eigenvalue weighted by Crippen LogP contribution is -2.16. The predicted octanol–water partition coefficient (Wildman–Crippen LogP) is 2.61. The van der Waals surface area contributed by atoms with Gasteiger partial charge >= 0.3 is 5.97 Å². The lowest BCUT2D eigenvalue weighted by molar-refractivity contribution is -0.133. The standard InChI is InChI=1S/C12H20O3/c1-3-12(6-4-5-7-12)8-10(9-15-2)11(13)14/h8H,3-7,9H2,1-2H3,(H,13,14). The van der Waals surface area contributed by atoms with E-state index in [4.69, 9.17) is 9.84 Å². The van der Waals surface area contributed by atoms with E-state index in [0.717, 1.165) is 19.3 Å². The highest BCUT2D eigenvalue weighted by Gasteiger charge is 2.31. The first-order chi connectivity index (χ1) is 7.13. The molecule has 0 bridgehead atoms. The van der Waals surface area contributed by atoms with Gasteiger partial charge in [-0.2, -0.15) is 0 Å². The van der Waals surface area contributed by atoms with Crippen LogP contribution in [0.3, 0.4) is 0 Å². The van der Waals surface area contributed by atoms with Gasteiger partial charge in [-0.3, -0.25) is 0 Å². The molecule has 86 valence electrons. The van der Waals surface area contributed by atoms with Gasteiger partial charge in [-0.05, 0) is 24.7 Å². The number of methoxy groups -OCH3 is 1. The summed E-state index contributed by atoms with van der Waals surface area (Å²) in [4.78, 5) is 11.0. The zero-order valence-electron chi connectivity index (χ0n) is 9.58. The van der Waals surface area contributed by atoms with Gasteiger partial charge in [-0.25, -0.2) is 4.79 Å². The highest BCUT2D eigenvalue weighted by Crippen LogP contribution is 2.42. The molecule has 3 heteroatoms. The van der Waals surface area contributed by atoms with Crippen LogP contribution in [0.5, 0.6) is 0 Å². The van der Waals surface area contributed by atoms with Gasteiger partial charge in [0.15, 0.2) is 0 Å². The first-order valence-corrected chi connectivity index (χ1v) is 5.57. The van der Waals surface area contributed by atoms with Crippen LogP contribution in [0.4, 0.5) is 0 Å². The Morgan fingerprint density at radius 2 is 2.07 bits per heavy atom. The molecule has 1 N–H and O–H groups in total. The monoisotopic (exact) mass is 212 g/mol. The van der Waals surface area contributed by atoms with Crippen LogP contribution in [0.1, 0.15) is 39.0 Å². The van der Waals surface area contributed by atoms with Crippen molar-refractivity contribution in [2.45, 2.75) is 39.0 Å². The minimum Gasteiger partial charge on any atom is -0.478 e. The van der Waals surface area contributed by atoms with Gasteiger partial charge < -0.3 is 9.84 Å². The highest BCUT2D eigenvalue weighted by atomic mass is 16.5. The maximum Gasteiger partial charge on any atom is 0.333 e. The number of hydrogen-bond acceptors (Lipinski definition) is 2. The van der Waals surface area contributed by atoms with Crippen molar-refractivity contribution in [2.24, 2.45) is 5.41 Å². The van der Waals surface area contributed by atoms with E-state index in [1.165, 1.54) is 20.0 Å². The molecule has 0 unspecified atom stereocenters. The summed E-state index contributed by atoms with van der Waals surface area (Å²) in [5, 5.41) is 9.03. The number of carboxylic acids is 1. The van der Waals surface area contributed by atoms with E-state index in [0.29, 0.717) is 5.57 Å². The summed E-state index contributed by atoms with van der Waals surface area (Å²) in [6, 6.07) is 0. The van der Waals surface area contributed by atoms with Gasteiger partial charge in [0.1, 0.15) is 0 Å². The van der Waals surface area contributed by atoms with E-state index in [1.54, 1.807) is 0 Å². The van der Waals surface area contributed by atoms with E-state index in [2.05, 4.69) is 6.92 Å². The largest absolute Gasteiger partial charge is 0.478 e. The maximum absolute atomic E-state index is 11.0. The van der Waals surface area contributed by atoms with Crippen molar-refractivity contribution in [1.82, 2.24) is 0 Å². The molecule has 0 aromatic carbocycles. The molecule has 1 aliphatic carbocycles. The second kappa shape index (κ2) is 5.31. The molecular formula is C12H20O3. The maximum atomic E-state index is 11.0. The van der Waals surface area contributed by atoms with Crippen LogP contribution in [-0.2, 0) is 9.53 Å². The van der Waals surface area contributed by atoms with Crippen LogP contribution < -0.4 is 0 Å². The number of carboxylic acid groups (broad SMARTS) is 1. The van der Waals surface area contributed by atoms with Crippen LogP contribution in [-0.4, -0.2) is 24.8 Å². The molecular weight excluding hydrogens is 192 g/mol. The zero-order valence-corrected chi connectivity index (χ0v) is 9.58. The first kappa shape index (κ1) is 12.2. The minimum absolute atomic E-state index is 0.117. The molecule has 3 nitrogen and oxygen atoms in total.